The minimum atomic E-state index is -0.373. The molecule has 1 aromatic carbocycles. The van der Waals surface area contributed by atoms with Crippen LogP contribution in [-0.2, 0) is 4.79 Å². The third-order valence-electron chi connectivity index (χ3n) is 2.79. The third kappa shape index (κ3) is 4.81. The number of aromatic nitrogens is 2. The van der Waals surface area contributed by atoms with Gasteiger partial charge in [0.25, 0.3) is 0 Å². The molecule has 0 aliphatic rings. The maximum absolute atomic E-state index is 11.9. The van der Waals surface area contributed by atoms with Crippen molar-refractivity contribution in [1.29, 1.82) is 0 Å². The molecule has 0 aliphatic carbocycles. The van der Waals surface area contributed by atoms with Gasteiger partial charge in [-0.05, 0) is 44.0 Å². The van der Waals surface area contributed by atoms with Gasteiger partial charge in [-0.2, -0.15) is 0 Å². The molecule has 6 nitrogen and oxygen atoms in total. The van der Waals surface area contributed by atoms with Gasteiger partial charge in [-0.1, -0.05) is 29.2 Å². The molecular formula is C14H16N4O2S2. The minimum absolute atomic E-state index is 0.0715. The van der Waals surface area contributed by atoms with Crippen LogP contribution >= 0.6 is 23.1 Å². The standard InChI is InChI=1S/C14H16N4O2S2/c1-8-4-5-11(6-9(8)2)15-12(20)16-13-17-18-14(22-13)21-7-10(3)19/h4-6H,7H2,1-3H3,(H2,15,16,17,20). The van der Waals surface area contributed by atoms with Crippen LogP contribution in [0.4, 0.5) is 15.6 Å². The van der Waals surface area contributed by atoms with Gasteiger partial charge >= 0.3 is 6.03 Å². The Labute approximate surface area is 136 Å². The molecule has 116 valence electrons. The molecule has 0 saturated heterocycles. The zero-order chi connectivity index (χ0) is 16.1. The number of carbonyl (C=O) groups excluding carboxylic acids is 2. The highest BCUT2D eigenvalue weighted by molar-refractivity contribution is 8.01. The molecule has 2 N–H and O–H groups in total. The van der Waals surface area contributed by atoms with Gasteiger partial charge in [-0.25, -0.2) is 4.79 Å². The van der Waals surface area contributed by atoms with Crippen molar-refractivity contribution in [2.45, 2.75) is 25.1 Å². The van der Waals surface area contributed by atoms with Crippen LogP contribution in [-0.4, -0.2) is 27.8 Å². The molecule has 0 saturated carbocycles. The summed E-state index contributed by atoms with van der Waals surface area (Å²) in [6, 6.07) is 5.33. The number of nitrogens with one attached hydrogen (secondary N) is 2. The summed E-state index contributed by atoms with van der Waals surface area (Å²) < 4.78 is 0.650. The van der Waals surface area contributed by atoms with Crippen LogP contribution < -0.4 is 10.6 Å². The number of amides is 2. The summed E-state index contributed by atoms with van der Waals surface area (Å²) >= 11 is 2.54. The van der Waals surface area contributed by atoms with Crippen LogP contribution in [0, 0.1) is 13.8 Å². The lowest BCUT2D eigenvalue weighted by Crippen LogP contribution is -2.19. The highest BCUT2D eigenvalue weighted by Gasteiger charge is 2.09. The molecule has 1 heterocycles. The molecule has 0 bridgehead atoms. The van der Waals surface area contributed by atoms with Crippen LogP contribution in [0.15, 0.2) is 22.5 Å². The van der Waals surface area contributed by atoms with Crippen LogP contribution in [0.5, 0.6) is 0 Å². The van der Waals surface area contributed by atoms with Crippen LogP contribution in [0.2, 0.25) is 0 Å². The lowest BCUT2D eigenvalue weighted by atomic mass is 10.1. The first-order chi connectivity index (χ1) is 10.4. The Balaban J connectivity index is 1.91. The molecule has 1 aromatic heterocycles. The Morgan fingerprint density at radius 1 is 1.18 bits per heavy atom. The van der Waals surface area contributed by atoms with Gasteiger partial charge in [0.15, 0.2) is 4.34 Å². The Morgan fingerprint density at radius 3 is 2.64 bits per heavy atom. The van der Waals surface area contributed by atoms with Crippen molar-refractivity contribution in [1.82, 2.24) is 10.2 Å². The zero-order valence-corrected chi connectivity index (χ0v) is 14.1. The molecule has 0 spiro atoms. The van der Waals surface area contributed by atoms with Crippen molar-refractivity contribution in [3.05, 3.63) is 29.3 Å². The predicted octanol–water partition coefficient (Wildman–Crippen LogP) is 3.48. The summed E-state index contributed by atoms with van der Waals surface area (Å²) in [5, 5.41) is 13.6. The van der Waals surface area contributed by atoms with Crippen molar-refractivity contribution < 1.29 is 9.59 Å². The van der Waals surface area contributed by atoms with Crippen LogP contribution in [0.1, 0.15) is 18.1 Å². The summed E-state index contributed by atoms with van der Waals surface area (Å²) in [5.41, 5.74) is 3.00. The molecule has 8 heteroatoms. The lowest BCUT2D eigenvalue weighted by molar-refractivity contribution is -0.114. The van der Waals surface area contributed by atoms with Gasteiger partial charge in [0, 0.05) is 5.69 Å². The van der Waals surface area contributed by atoms with E-state index in [0.717, 1.165) is 11.3 Å². The number of carbonyl (C=O) groups is 2. The van der Waals surface area contributed by atoms with E-state index in [9.17, 15) is 9.59 Å². The van der Waals surface area contributed by atoms with E-state index in [-0.39, 0.29) is 11.8 Å². The van der Waals surface area contributed by atoms with Gasteiger partial charge in [0.2, 0.25) is 5.13 Å². The summed E-state index contributed by atoms with van der Waals surface area (Å²) in [4.78, 5) is 22.8. The molecule has 0 fully saturated rings. The number of nitrogens with zero attached hydrogens (tertiary/aromatic N) is 2. The number of ketones is 1. The number of thioether (sulfide) groups is 1. The average Bonchev–Trinajstić information content (AvgIpc) is 2.88. The van der Waals surface area contributed by atoms with E-state index in [1.54, 1.807) is 0 Å². The van der Waals surface area contributed by atoms with Crippen LogP contribution in [0.25, 0.3) is 0 Å². The monoisotopic (exact) mass is 336 g/mol. The van der Waals surface area contributed by atoms with Crippen LogP contribution in [0.3, 0.4) is 0 Å². The Kier molecular flexibility index (Phi) is 5.51. The molecule has 22 heavy (non-hydrogen) atoms. The summed E-state index contributed by atoms with van der Waals surface area (Å²) in [6.07, 6.45) is 0. The molecule has 0 unspecified atom stereocenters. The fourth-order valence-corrected chi connectivity index (χ4v) is 3.11. The maximum atomic E-state index is 11.9. The number of Topliss-reactive ketones (excluding diaryl/α,β-unsaturated/α-hetero) is 1. The van der Waals surface area contributed by atoms with E-state index in [2.05, 4.69) is 20.8 Å². The number of benzene rings is 1. The van der Waals surface area contributed by atoms with Gasteiger partial charge in [-0.15, -0.1) is 10.2 Å². The maximum Gasteiger partial charge on any atom is 0.325 e. The number of hydrogen-bond donors (Lipinski definition) is 2. The summed E-state index contributed by atoms with van der Waals surface area (Å²) in [6.45, 7) is 5.52. The molecule has 0 aliphatic heterocycles. The second-order valence-electron chi connectivity index (χ2n) is 4.74. The molecule has 2 rings (SSSR count). The first-order valence-corrected chi connectivity index (χ1v) is 8.35. The topological polar surface area (TPSA) is 84.0 Å². The number of anilines is 2. The molecule has 0 atom stereocenters. The highest BCUT2D eigenvalue weighted by atomic mass is 32.2. The first kappa shape index (κ1) is 16.4. The van der Waals surface area contributed by atoms with Crippen molar-refractivity contribution in [2.75, 3.05) is 16.4 Å². The van der Waals surface area contributed by atoms with Gasteiger partial charge < -0.3 is 5.32 Å². The molecule has 0 radical (unpaired) electrons. The highest BCUT2D eigenvalue weighted by Crippen LogP contribution is 2.25. The SMILES string of the molecule is CC(=O)CSc1nnc(NC(=O)Nc2ccc(C)c(C)c2)s1. The third-order valence-corrected chi connectivity index (χ3v) is 4.91. The van der Waals surface area contributed by atoms with Crippen molar-refractivity contribution in [2.24, 2.45) is 0 Å². The van der Waals surface area contributed by atoms with Gasteiger partial charge in [0.1, 0.15) is 5.78 Å². The summed E-state index contributed by atoms with van der Waals surface area (Å²) in [7, 11) is 0. The average molecular weight is 336 g/mol. The van der Waals surface area contributed by atoms with Crippen molar-refractivity contribution in [3.63, 3.8) is 0 Å². The molecule has 2 aromatic rings. The smallest absolute Gasteiger partial charge is 0.308 e. The van der Waals surface area contributed by atoms with E-state index in [1.807, 2.05) is 32.0 Å². The fourth-order valence-electron chi connectivity index (χ4n) is 1.56. The Bertz CT molecular complexity index is 700. The van der Waals surface area contributed by atoms with Crippen molar-refractivity contribution >= 4 is 45.7 Å². The van der Waals surface area contributed by atoms with Crippen molar-refractivity contribution in [3.8, 4) is 0 Å². The van der Waals surface area contributed by atoms with E-state index < -0.39 is 0 Å². The number of rotatable bonds is 5. The predicted molar refractivity (Wildman–Crippen MR) is 89.9 cm³/mol. The number of urea groups is 1. The second-order valence-corrected chi connectivity index (χ2v) is 6.94. The van der Waals surface area contributed by atoms with E-state index in [0.29, 0.717) is 15.2 Å². The molecule has 2 amide bonds. The normalized spacial score (nSPS) is 10.3. The Morgan fingerprint density at radius 2 is 1.95 bits per heavy atom. The van der Waals surface area contributed by atoms with E-state index in [1.165, 1.54) is 35.6 Å². The summed E-state index contributed by atoms with van der Waals surface area (Å²) in [5.74, 6) is 0.422. The minimum Gasteiger partial charge on any atom is -0.308 e. The quantitative estimate of drug-likeness (QED) is 0.645. The fraction of sp³-hybridized carbons (Fsp3) is 0.286. The largest absolute Gasteiger partial charge is 0.325 e. The molecular weight excluding hydrogens is 320 g/mol. The zero-order valence-electron chi connectivity index (χ0n) is 12.5. The van der Waals surface area contributed by atoms with E-state index >= 15 is 0 Å². The second kappa shape index (κ2) is 7.37. The number of aryl methyl sites for hydroxylation is 2. The van der Waals surface area contributed by atoms with E-state index in [4.69, 9.17) is 0 Å². The number of hydrogen-bond acceptors (Lipinski definition) is 6. The Hall–Kier alpha value is -1.93. The first-order valence-electron chi connectivity index (χ1n) is 6.55. The van der Waals surface area contributed by atoms with Gasteiger partial charge in [-0.3, -0.25) is 10.1 Å². The van der Waals surface area contributed by atoms with Gasteiger partial charge in [0.05, 0.1) is 5.75 Å². The lowest BCUT2D eigenvalue weighted by Gasteiger charge is -2.07.